The monoisotopic (exact) mass is 141 g/mol. The zero-order chi connectivity index (χ0) is 7.56. The van der Waals surface area contributed by atoms with E-state index in [4.69, 9.17) is 5.73 Å². The summed E-state index contributed by atoms with van der Waals surface area (Å²) in [7, 11) is 0. The second-order valence-electron chi connectivity index (χ2n) is 3.04. The Hall–Kier alpha value is -0.500. The van der Waals surface area contributed by atoms with Crippen LogP contribution in [0.4, 0.5) is 0 Å². The van der Waals surface area contributed by atoms with Crippen LogP contribution in [0.25, 0.3) is 0 Å². The minimum Gasteiger partial charge on any atom is -0.402 e. The quantitative estimate of drug-likeness (QED) is 0.572. The van der Waals surface area contributed by atoms with Crippen molar-refractivity contribution in [3.8, 4) is 0 Å². The van der Waals surface area contributed by atoms with E-state index in [0.717, 1.165) is 25.0 Å². The number of nitrogens with two attached hydrogens (primary N) is 1. The molecule has 1 aliphatic carbocycles. The van der Waals surface area contributed by atoms with Gasteiger partial charge in [0.25, 0.3) is 0 Å². The predicted molar refractivity (Wildman–Crippen MR) is 41.3 cm³/mol. The highest BCUT2D eigenvalue weighted by Crippen LogP contribution is 2.22. The first-order valence-corrected chi connectivity index (χ1v) is 3.84. The van der Waals surface area contributed by atoms with Gasteiger partial charge in [0.1, 0.15) is 0 Å². The van der Waals surface area contributed by atoms with E-state index in [2.05, 4.69) is 0 Å². The fourth-order valence-corrected chi connectivity index (χ4v) is 1.36. The number of rotatable bonds is 1. The molecule has 2 unspecified atom stereocenters. The molecule has 1 rings (SSSR count). The summed E-state index contributed by atoms with van der Waals surface area (Å²) in [5, 5.41) is 9.19. The van der Waals surface area contributed by atoms with Crippen LogP contribution in [0.15, 0.2) is 11.8 Å². The summed E-state index contributed by atoms with van der Waals surface area (Å²) in [4.78, 5) is 0. The molecule has 0 aromatic heterocycles. The standard InChI is InChI=1S/C8H15NO/c1-6(10)7-3-2-4-8(9)5-7/h5-7,10H,2-4,9H2,1H3. The highest BCUT2D eigenvalue weighted by molar-refractivity contribution is 5.04. The van der Waals surface area contributed by atoms with Gasteiger partial charge in [-0.3, -0.25) is 0 Å². The Kier molecular flexibility index (Phi) is 2.33. The van der Waals surface area contributed by atoms with Gasteiger partial charge in [0.2, 0.25) is 0 Å². The smallest absolute Gasteiger partial charge is 0.0575 e. The lowest BCUT2D eigenvalue weighted by Gasteiger charge is -2.21. The Balaban J connectivity index is 2.53. The maximum absolute atomic E-state index is 9.19. The molecule has 0 aliphatic heterocycles. The van der Waals surface area contributed by atoms with Gasteiger partial charge in [0.15, 0.2) is 0 Å². The number of allylic oxidation sites excluding steroid dienone is 1. The van der Waals surface area contributed by atoms with Crippen molar-refractivity contribution in [1.82, 2.24) is 0 Å². The Morgan fingerprint density at radius 1 is 1.80 bits per heavy atom. The Labute approximate surface area is 61.7 Å². The molecular formula is C8H15NO. The predicted octanol–water partition coefficient (Wildman–Crippen LogP) is 1.01. The van der Waals surface area contributed by atoms with E-state index in [0.29, 0.717) is 5.92 Å². The topological polar surface area (TPSA) is 46.2 Å². The molecule has 0 saturated carbocycles. The number of aliphatic hydroxyl groups is 1. The summed E-state index contributed by atoms with van der Waals surface area (Å²) in [6.45, 7) is 1.82. The average Bonchev–Trinajstić information content (AvgIpc) is 1.88. The molecule has 0 bridgehead atoms. The molecule has 0 amide bonds. The van der Waals surface area contributed by atoms with Gasteiger partial charge < -0.3 is 10.8 Å². The van der Waals surface area contributed by atoms with Crippen LogP contribution in [-0.2, 0) is 0 Å². The van der Waals surface area contributed by atoms with Crippen molar-refractivity contribution in [3.05, 3.63) is 11.8 Å². The van der Waals surface area contributed by atoms with Crippen LogP contribution in [0, 0.1) is 5.92 Å². The minimum absolute atomic E-state index is 0.237. The van der Waals surface area contributed by atoms with Crippen molar-refractivity contribution in [1.29, 1.82) is 0 Å². The van der Waals surface area contributed by atoms with Crippen molar-refractivity contribution < 1.29 is 5.11 Å². The first-order chi connectivity index (χ1) is 4.70. The molecule has 58 valence electrons. The summed E-state index contributed by atoms with van der Waals surface area (Å²) < 4.78 is 0. The fraction of sp³-hybridized carbons (Fsp3) is 0.750. The van der Waals surface area contributed by atoms with Crippen molar-refractivity contribution in [2.24, 2.45) is 11.7 Å². The van der Waals surface area contributed by atoms with E-state index in [1.807, 2.05) is 13.0 Å². The average molecular weight is 141 g/mol. The molecule has 10 heavy (non-hydrogen) atoms. The van der Waals surface area contributed by atoms with E-state index in [-0.39, 0.29) is 6.10 Å². The second-order valence-corrected chi connectivity index (χ2v) is 3.04. The van der Waals surface area contributed by atoms with Gasteiger partial charge in [-0.1, -0.05) is 6.08 Å². The number of hydrogen-bond donors (Lipinski definition) is 2. The fourth-order valence-electron chi connectivity index (χ4n) is 1.36. The minimum atomic E-state index is -0.237. The van der Waals surface area contributed by atoms with E-state index >= 15 is 0 Å². The van der Waals surface area contributed by atoms with Crippen LogP contribution < -0.4 is 5.73 Å². The Bertz CT molecular complexity index is 140. The van der Waals surface area contributed by atoms with E-state index in [9.17, 15) is 5.11 Å². The molecule has 2 heteroatoms. The third-order valence-corrected chi connectivity index (χ3v) is 2.05. The maximum Gasteiger partial charge on any atom is 0.0575 e. The Morgan fingerprint density at radius 3 is 2.90 bits per heavy atom. The molecule has 0 radical (unpaired) electrons. The van der Waals surface area contributed by atoms with Crippen LogP contribution in [0.1, 0.15) is 26.2 Å². The second kappa shape index (κ2) is 3.06. The summed E-state index contributed by atoms with van der Waals surface area (Å²) in [6, 6.07) is 0. The van der Waals surface area contributed by atoms with Crippen molar-refractivity contribution in [3.63, 3.8) is 0 Å². The SMILES string of the molecule is CC(O)C1C=C(N)CCC1. The number of aliphatic hydroxyl groups excluding tert-OH is 1. The van der Waals surface area contributed by atoms with Crippen molar-refractivity contribution >= 4 is 0 Å². The maximum atomic E-state index is 9.19. The summed E-state index contributed by atoms with van der Waals surface area (Å²) in [5.41, 5.74) is 6.55. The molecule has 0 spiro atoms. The first kappa shape index (κ1) is 7.61. The summed E-state index contributed by atoms with van der Waals surface area (Å²) >= 11 is 0. The Morgan fingerprint density at radius 2 is 2.50 bits per heavy atom. The zero-order valence-electron chi connectivity index (χ0n) is 6.38. The highest BCUT2D eigenvalue weighted by Gasteiger charge is 2.15. The summed E-state index contributed by atoms with van der Waals surface area (Å²) in [5.74, 6) is 0.300. The van der Waals surface area contributed by atoms with E-state index in [1.54, 1.807) is 0 Å². The van der Waals surface area contributed by atoms with Crippen molar-refractivity contribution in [2.45, 2.75) is 32.3 Å². The van der Waals surface area contributed by atoms with Crippen molar-refractivity contribution in [2.75, 3.05) is 0 Å². The van der Waals surface area contributed by atoms with Crippen LogP contribution >= 0.6 is 0 Å². The number of hydrogen-bond acceptors (Lipinski definition) is 2. The van der Waals surface area contributed by atoms with Gasteiger partial charge in [0.05, 0.1) is 6.10 Å². The third kappa shape index (κ3) is 1.74. The van der Waals surface area contributed by atoms with Gasteiger partial charge in [0, 0.05) is 11.6 Å². The van der Waals surface area contributed by atoms with E-state index in [1.165, 1.54) is 0 Å². The lowest BCUT2D eigenvalue weighted by Crippen LogP contribution is -2.19. The van der Waals surface area contributed by atoms with Gasteiger partial charge in [-0.15, -0.1) is 0 Å². The molecule has 0 fully saturated rings. The van der Waals surface area contributed by atoms with Gasteiger partial charge in [-0.25, -0.2) is 0 Å². The van der Waals surface area contributed by atoms with E-state index < -0.39 is 0 Å². The molecule has 0 aromatic rings. The normalized spacial score (nSPS) is 29.4. The molecule has 1 aliphatic rings. The molecule has 2 atom stereocenters. The third-order valence-electron chi connectivity index (χ3n) is 2.05. The van der Waals surface area contributed by atoms with Gasteiger partial charge in [-0.2, -0.15) is 0 Å². The lowest BCUT2D eigenvalue weighted by molar-refractivity contribution is 0.140. The van der Waals surface area contributed by atoms with Crippen LogP contribution in [0.3, 0.4) is 0 Å². The van der Waals surface area contributed by atoms with Crippen LogP contribution in [0.2, 0.25) is 0 Å². The molecule has 3 N–H and O–H groups in total. The molecule has 0 heterocycles. The van der Waals surface area contributed by atoms with Gasteiger partial charge >= 0.3 is 0 Å². The largest absolute Gasteiger partial charge is 0.402 e. The van der Waals surface area contributed by atoms with Crippen LogP contribution in [-0.4, -0.2) is 11.2 Å². The first-order valence-electron chi connectivity index (χ1n) is 3.84. The lowest BCUT2D eigenvalue weighted by atomic mass is 9.90. The molecule has 0 aromatic carbocycles. The highest BCUT2D eigenvalue weighted by atomic mass is 16.3. The molecule has 2 nitrogen and oxygen atoms in total. The van der Waals surface area contributed by atoms with Gasteiger partial charge in [-0.05, 0) is 26.2 Å². The summed E-state index contributed by atoms with van der Waals surface area (Å²) in [6.07, 6.45) is 4.96. The molecular weight excluding hydrogens is 126 g/mol. The van der Waals surface area contributed by atoms with Crippen LogP contribution in [0.5, 0.6) is 0 Å². The molecule has 0 saturated heterocycles. The zero-order valence-corrected chi connectivity index (χ0v) is 6.38.